The Bertz CT molecular complexity index is 1120. The van der Waals surface area contributed by atoms with Crippen LogP contribution < -0.4 is 0 Å². The van der Waals surface area contributed by atoms with Crippen LogP contribution in [0.4, 0.5) is 0 Å². The van der Waals surface area contributed by atoms with Crippen LogP contribution in [-0.4, -0.2) is 24.5 Å². The third-order valence-electron chi connectivity index (χ3n) is 5.05. The summed E-state index contributed by atoms with van der Waals surface area (Å²) < 4.78 is 9.51. The number of halogens is 1. The summed E-state index contributed by atoms with van der Waals surface area (Å²) in [4.78, 5) is 0. The zero-order chi connectivity index (χ0) is 19.8. The highest BCUT2D eigenvalue weighted by Gasteiger charge is 2.31. The summed E-state index contributed by atoms with van der Waals surface area (Å²) in [5, 5.41) is 15.1. The number of benzene rings is 1. The van der Waals surface area contributed by atoms with Gasteiger partial charge in [-0.25, -0.2) is 4.68 Å². The van der Waals surface area contributed by atoms with Crippen LogP contribution in [0.5, 0.6) is 0 Å². The molecule has 1 aromatic carbocycles. The van der Waals surface area contributed by atoms with Crippen molar-refractivity contribution in [2.45, 2.75) is 43.1 Å². The molecule has 4 aromatic rings. The predicted molar refractivity (Wildman–Crippen MR) is 113 cm³/mol. The van der Waals surface area contributed by atoms with Crippen LogP contribution >= 0.6 is 23.4 Å². The molecule has 0 amide bonds. The Balaban J connectivity index is 1.40. The lowest BCUT2D eigenvalue weighted by Crippen LogP contribution is -2.05. The van der Waals surface area contributed by atoms with Crippen LogP contribution in [0.1, 0.15) is 41.6 Å². The predicted octanol–water partition coefficient (Wildman–Crippen LogP) is 5.24. The lowest BCUT2D eigenvalue weighted by Gasteiger charge is -2.08. The van der Waals surface area contributed by atoms with Crippen molar-refractivity contribution in [1.82, 2.24) is 24.5 Å². The van der Waals surface area contributed by atoms with Crippen LogP contribution in [0.2, 0.25) is 5.15 Å². The smallest absolute Gasteiger partial charge is 0.191 e. The Morgan fingerprint density at radius 2 is 1.97 bits per heavy atom. The van der Waals surface area contributed by atoms with Crippen molar-refractivity contribution >= 4 is 23.4 Å². The second kappa shape index (κ2) is 7.72. The number of rotatable bonds is 7. The molecule has 1 aliphatic carbocycles. The Morgan fingerprint density at radius 1 is 1.14 bits per heavy atom. The van der Waals surface area contributed by atoms with Crippen LogP contribution in [0.25, 0.3) is 5.69 Å². The van der Waals surface area contributed by atoms with E-state index in [0.29, 0.717) is 23.4 Å². The summed E-state index contributed by atoms with van der Waals surface area (Å²) in [5.74, 6) is 3.14. The minimum atomic E-state index is 0.512. The number of thioether (sulfide) groups is 1. The van der Waals surface area contributed by atoms with Gasteiger partial charge in [-0.2, -0.15) is 5.10 Å². The Morgan fingerprint density at radius 3 is 2.69 bits per heavy atom. The highest BCUT2D eigenvalue weighted by molar-refractivity contribution is 7.98. The summed E-state index contributed by atoms with van der Waals surface area (Å²) in [6.07, 6.45) is 4.05. The van der Waals surface area contributed by atoms with Gasteiger partial charge in [0.2, 0.25) is 0 Å². The number of aryl methyl sites for hydroxylation is 1. The molecule has 1 aliphatic rings. The first kappa shape index (κ1) is 18.5. The van der Waals surface area contributed by atoms with Crippen molar-refractivity contribution in [3.63, 3.8) is 0 Å². The Hall–Kier alpha value is -2.51. The highest BCUT2D eigenvalue weighted by atomic mass is 35.5. The van der Waals surface area contributed by atoms with Gasteiger partial charge in [0.1, 0.15) is 16.7 Å². The minimum absolute atomic E-state index is 0.512. The molecule has 0 radical (unpaired) electrons. The van der Waals surface area contributed by atoms with Gasteiger partial charge in [0, 0.05) is 17.2 Å². The zero-order valence-electron chi connectivity index (χ0n) is 16.0. The van der Waals surface area contributed by atoms with Crippen molar-refractivity contribution in [2.75, 3.05) is 0 Å². The molecule has 1 fully saturated rings. The van der Waals surface area contributed by atoms with Gasteiger partial charge in [0.15, 0.2) is 5.16 Å². The Labute approximate surface area is 177 Å². The number of hydrogen-bond acceptors (Lipinski definition) is 5. The lowest BCUT2D eigenvalue weighted by molar-refractivity contribution is 0.478. The topological polar surface area (TPSA) is 61.7 Å². The first-order valence-electron chi connectivity index (χ1n) is 9.58. The highest BCUT2D eigenvalue weighted by Crippen LogP contribution is 2.40. The second-order valence-corrected chi connectivity index (χ2v) is 8.47. The molecule has 3 aromatic heterocycles. The van der Waals surface area contributed by atoms with E-state index in [1.165, 1.54) is 12.8 Å². The molecule has 5 rings (SSSR count). The van der Waals surface area contributed by atoms with Crippen molar-refractivity contribution in [2.24, 2.45) is 0 Å². The van der Waals surface area contributed by atoms with E-state index in [0.717, 1.165) is 33.7 Å². The van der Waals surface area contributed by atoms with E-state index in [9.17, 15) is 0 Å². The quantitative estimate of drug-likeness (QED) is 0.379. The van der Waals surface area contributed by atoms with E-state index in [4.69, 9.17) is 16.0 Å². The van der Waals surface area contributed by atoms with Crippen molar-refractivity contribution < 1.29 is 4.42 Å². The molecule has 8 heteroatoms. The van der Waals surface area contributed by atoms with Crippen LogP contribution in [0.3, 0.4) is 0 Å². The number of aromatic nitrogens is 5. The van der Waals surface area contributed by atoms with Gasteiger partial charge in [-0.1, -0.05) is 41.6 Å². The molecule has 148 valence electrons. The molecular formula is C21H20ClN5OS. The van der Waals surface area contributed by atoms with Crippen LogP contribution in [-0.2, 0) is 12.3 Å². The first-order chi connectivity index (χ1) is 14.2. The molecule has 0 N–H and O–H groups in total. The maximum atomic E-state index is 6.68. The number of furan rings is 1. The van der Waals surface area contributed by atoms with Gasteiger partial charge in [-0.15, -0.1) is 10.2 Å². The number of hydrogen-bond donors (Lipinski definition) is 0. The van der Waals surface area contributed by atoms with Gasteiger partial charge in [-0.05, 0) is 44.0 Å². The molecule has 29 heavy (non-hydrogen) atoms. The number of nitrogens with zero attached hydrogens (tertiary/aromatic N) is 5. The van der Waals surface area contributed by atoms with Crippen LogP contribution in [0, 0.1) is 6.92 Å². The van der Waals surface area contributed by atoms with E-state index < -0.39 is 0 Å². The van der Waals surface area contributed by atoms with E-state index in [1.54, 1.807) is 22.7 Å². The summed E-state index contributed by atoms with van der Waals surface area (Å²) in [6, 6.07) is 13.8. The zero-order valence-corrected chi connectivity index (χ0v) is 17.5. The maximum absolute atomic E-state index is 6.68. The molecule has 0 unspecified atom stereocenters. The fraction of sp³-hybridized carbons (Fsp3) is 0.286. The SMILES string of the molecule is Cc1nn(-c2ccccc2)c(Cl)c1CSc1nnc(C2CC2)n1Cc1ccco1. The molecule has 0 saturated heterocycles. The third-order valence-corrected chi connectivity index (χ3v) is 6.43. The minimum Gasteiger partial charge on any atom is -0.467 e. The fourth-order valence-electron chi connectivity index (χ4n) is 3.33. The van der Waals surface area contributed by atoms with Gasteiger partial charge in [0.25, 0.3) is 0 Å². The molecule has 0 spiro atoms. The lowest BCUT2D eigenvalue weighted by atomic mass is 10.3. The Kier molecular flexibility index (Phi) is 4.93. The average molecular weight is 426 g/mol. The average Bonchev–Trinajstić information content (AvgIpc) is 3.17. The van der Waals surface area contributed by atoms with Gasteiger partial charge in [-0.3, -0.25) is 4.57 Å². The normalized spacial score (nSPS) is 13.9. The van der Waals surface area contributed by atoms with Gasteiger partial charge in [0.05, 0.1) is 24.2 Å². The monoisotopic (exact) mass is 425 g/mol. The molecular weight excluding hydrogens is 406 g/mol. The van der Waals surface area contributed by atoms with Crippen LogP contribution in [0.15, 0.2) is 58.3 Å². The van der Waals surface area contributed by atoms with Gasteiger partial charge < -0.3 is 4.42 Å². The standard InChI is InChI=1S/C21H20ClN5OS/c1-14-18(19(22)27(25-14)16-6-3-2-4-7-16)13-29-21-24-23-20(15-9-10-15)26(21)12-17-8-5-11-28-17/h2-8,11,15H,9-10,12-13H2,1H3. The van der Waals surface area contributed by atoms with E-state index in [1.807, 2.05) is 49.4 Å². The summed E-state index contributed by atoms with van der Waals surface area (Å²) in [7, 11) is 0. The first-order valence-corrected chi connectivity index (χ1v) is 10.9. The molecule has 1 saturated carbocycles. The second-order valence-electron chi connectivity index (χ2n) is 7.17. The van der Waals surface area contributed by atoms with E-state index in [2.05, 4.69) is 19.9 Å². The molecule has 0 aliphatic heterocycles. The molecule has 0 bridgehead atoms. The van der Waals surface area contributed by atoms with E-state index in [-0.39, 0.29) is 0 Å². The summed E-state index contributed by atoms with van der Waals surface area (Å²) in [5.41, 5.74) is 2.89. The van der Waals surface area contributed by atoms with Gasteiger partial charge >= 0.3 is 0 Å². The summed E-state index contributed by atoms with van der Waals surface area (Å²) >= 11 is 8.32. The number of para-hydroxylation sites is 1. The summed E-state index contributed by atoms with van der Waals surface area (Å²) in [6.45, 7) is 2.63. The maximum Gasteiger partial charge on any atom is 0.191 e. The molecule has 0 atom stereocenters. The van der Waals surface area contributed by atoms with Crippen molar-refractivity contribution in [3.8, 4) is 5.69 Å². The van der Waals surface area contributed by atoms with Crippen molar-refractivity contribution in [3.05, 3.63) is 76.7 Å². The largest absolute Gasteiger partial charge is 0.467 e. The molecule has 3 heterocycles. The van der Waals surface area contributed by atoms with E-state index >= 15 is 0 Å². The fourth-order valence-corrected chi connectivity index (χ4v) is 4.78. The molecule has 6 nitrogen and oxygen atoms in total. The van der Waals surface area contributed by atoms with Crippen molar-refractivity contribution in [1.29, 1.82) is 0 Å². The third kappa shape index (κ3) is 3.72.